The Morgan fingerprint density at radius 1 is 1.03 bits per heavy atom. The van der Waals surface area contributed by atoms with E-state index in [4.69, 9.17) is 39.5 Å². The van der Waals surface area contributed by atoms with Crippen molar-refractivity contribution >= 4 is 50.7 Å². The lowest BCUT2D eigenvalue weighted by Crippen LogP contribution is -2.53. The zero-order valence-electron chi connectivity index (χ0n) is 20.0. The van der Waals surface area contributed by atoms with Gasteiger partial charge in [-0.15, -0.1) is 0 Å². The molecular weight excluding hydrogens is 559 g/mol. The molecule has 3 aromatic carbocycles. The van der Waals surface area contributed by atoms with Crippen LogP contribution in [0, 0.1) is 0 Å². The number of sulfonamides is 1. The average Bonchev–Trinajstić information content (AvgIpc) is 2.85. The molecule has 1 aliphatic rings. The van der Waals surface area contributed by atoms with Gasteiger partial charge in [0.25, 0.3) is 5.91 Å². The van der Waals surface area contributed by atoms with Gasteiger partial charge in [0.15, 0.2) is 0 Å². The molecule has 0 unspecified atom stereocenters. The predicted octanol–water partition coefficient (Wildman–Crippen LogP) is 5.17. The second-order valence-corrected chi connectivity index (χ2v) is 12.0. The van der Waals surface area contributed by atoms with Crippen molar-refractivity contribution in [1.29, 1.82) is 0 Å². The SMILES string of the molecule is CC1(C)Oc2ccc(C(=O)NCCc3ccccc3)cc2[C@@H](NS(=O)(=O)c2ccc(Cl)c(Cl)c2Cl)[C@@H]1O. The van der Waals surface area contributed by atoms with Crippen LogP contribution in [-0.4, -0.2) is 37.7 Å². The zero-order chi connectivity index (χ0) is 27.0. The van der Waals surface area contributed by atoms with Gasteiger partial charge in [-0.1, -0.05) is 65.1 Å². The zero-order valence-corrected chi connectivity index (χ0v) is 23.0. The van der Waals surface area contributed by atoms with Gasteiger partial charge >= 0.3 is 0 Å². The summed E-state index contributed by atoms with van der Waals surface area (Å²) in [6.07, 6.45) is -0.645. The lowest BCUT2D eigenvalue weighted by molar-refractivity contribution is -0.0603. The van der Waals surface area contributed by atoms with Gasteiger partial charge in [0.05, 0.1) is 21.1 Å². The van der Waals surface area contributed by atoms with Crippen molar-refractivity contribution < 1.29 is 23.1 Å². The van der Waals surface area contributed by atoms with Crippen LogP contribution in [0.5, 0.6) is 5.75 Å². The Hall–Kier alpha value is -2.33. The Bertz CT molecular complexity index is 1430. The third-order valence-electron chi connectivity index (χ3n) is 6.12. The summed E-state index contributed by atoms with van der Waals surface area (Å²) in [5.41, 5.74) is 0.546. The summed E-state index contributed by atoms with van der Waals surface area (Å²) in [4.78, 5) is 12.6. The lowest BCUT2D eigenvalue weighted by atomic mass is 9.86. The van der Waals surface area contributed by atoms with Crippen LogP contribution in [-0.2, 0) is 16.4 Å². The molecule has 7 nitrogen and oxygen atoms in total. The third-order valence-corrected chi connectivity index (χ3v) is 9.01. The molecule has 1 heterocycles. The molecule has 0 aromatic heterocycles. The van der Waals surface area contributed by atoms with E-state index < -0.39 is 27.8 Å². The summed E-state index contributed by atoms with van der Waals surface area (Å²) in [6, 6.07) is 15.8. The molecule has 3 aromatic rings. The number of carbonyl (C=O) groups is 1. The maximum Gasteiger partial charge on any atom is 0.251 e. The highest BCUT2D eigenvalue weighted by atomic mass is 35.5. The van der Waals surface area contributed by atoms with Gasteiger partial charge in [-0.25, -0.2) is 13.1 Å². The van der Waals surface area contributed by atoms with Crippen LogP contribution >= 0.6 is 34.8 Å². The number of nitrogens with one attached hydrogen (secondary N) is 2. The highest BCUT2D eigenvalue weighted by molar-refractivity contribution is 7.89. The van der Waals surface area contributed by atoms with Gasteiger partial charge < -0.3 is 15.2 Å². The van der Waals surface area contributed by atoms with E-state index in [9.17, 15) is 18.3 Å². The number of ether oxygens (including phenoxy) is 1. The maximum absolute atomic E-state index is 13.3. The molecular formula is C26H25Cl3N2O5S. The van der Waals surface area contributed by atoms with E-state index in [1.54, 1.807) is 26.0 Å². The van der Waals surface area contributed by atoms with Crippen molar-refractivity contribution in [3.63, 3.8) is 0 Å². The smallest absolute Gasteiger partial charge is 0.251 e. The summed E-state index contributed by atoms with van der Waals surface area (Å²) in [7, 11) is -4.27. The number of rotatable bonds is 7. The van der Waals surface area contributed by atoms with Crippen molar-refractivity contribution in [3.05, 3.63) is 92.4 Å². The number of fused-ring (bicyclic) bond motifs is 1. The van der Waals surface area contributed by atoms with E-state index in [1.165, 1.54) is 18.2 Å². The number of hydrogen-bond donors (Lipinski definition) is 3. The quantitative estimate of drug-likeness (QED) is 0.333. The van der Waals surface area contributed by atoms with Crippen molar-refractivity contribution in [3.8, 4) is 5.75 Å². The van der Waals surface area contributed by atoms with Crippen molar-refractivity contribution in [2.24, 2.45) is 0 Å². The normalized spacial score (nSPS) is 18.5. The molecule has 2 atom stereocenters. The predicted molar refractivity (Wildman–Crippen MR) is 144 cm³/mol. The number of carbonyl (C=O) groups excluding carboxylic acids is 1. The summed E-state index contributed by atoms with van der Waals surface area (Å²) in [5, 5.41) is 13.7. The van der Waals surface area contributed by atoms with E-state index in [0.29, 0.717) is 29.8 Å². The minimum atomic E-state index is -4.27. The molecule has 0 aliphatic carbocycles. The molecule has 0 radical (unpaired) electrons. The summed E-state index contributed by atoms with van der Waals surface area (Å²) in [5.74, 6) is -0.00346. The molecule has 11 heteroatoms. The van der Waals surface area contributed by atoms with Gasteiger partial charge in [-0.05, 0) is 56.2 Å². The maximum atomic E-state index is 13.3. The first-order valence-corrected chi connectivity index (χ1v) is 14.0. The van der Waals surface area contributed by atoms with Crippen LogP contribution in [0.2, 0.25) is 15.1 Å². The van der Waals surface area contributed by atoms with Crippen LogP contribution in [0.4, 0.5) is 0 Å². The van der Waals surface area contributed by atoms with Crippen LogP contribution in [0.1, 0.15) is 41.4 Å². The summed E-state index contributed by atoms with van der Waals surface area (Å²) >= 11 is 18.2. The van der Waals surface area contributed by atoms with Crippen molar-refractivity contribution in [2.75, 3.05) is 6.54 Å². The van der Waals surface area contributed by atoms with Gasteiger partial charge in [0.1, 0.15) is 22.4 Å². The Morgan fingerprint density at radius 2 is 1.73 bits per heavy atom. The monoisotopic (exact) mass is 582 g/mol. The molecule has 4 rings (SSSR count). The lowest BCUT2D eigenvalue weighted by Gasteiger charge is -2.42. The molecule has 0 saturated heterocycles. The van der Waals surface area contributed by atoms with Crippen LogP contribution in [0.3, 0.4) is 0 Å². The van der Waals surface area contributed by atoms with Crippen molar-refractivity contribution in [1.82, 2.24) is 10.0 Å². The molecule has 1 aliphatic heterocycles. The number of hydrogen-bond acceptors (Lipinski definition) is 5. The van der Waals surface area contributed by atoms with Gasteiger partial charge in [0.2, 0.25) is 10.0 Å². The standard InChI is InChI=1S/C26H25Cl3N2O5S/c1-26(2)24(32)23(31-37(34,35)20-11-9-18(27)21(28)22(20)29)17-14-16(8-10-19(17)36-26)25(33)30-13-12-15-6-4-3-5-7-15/h3-11,14,23-24,31-32H,12-13H2,1-2H3,(H,30,33)/t23-,24+/m1/s1. The Kier molecular flexibility index (Phi) is 8.09. The second-order valence-electron chi connectivity index (χ2n) is 9.17. The third kappa shape index (κ3) is 5.90. The van der Waals surface area contributed by atoms with Crippen LogP contribution in [0.25, 0.3) is 0 Å². The fourth-order valence-corrected chi connectivity index (χ4v) is 6.28. The summed E-state index contributed by atoms with van der Waals surface area (Å²) < 4.78 is 35.1. The van der Waals surface area contributed by atoms with Crippen molar-refractivity contribution in [2.45, 2.75) is 42.9 Å². The van der Waals surface area contributed by atoms with Gasteiger partial charge in [-0.3, -0.25) is 4.79 Å². The van der Waals surface area contributed by atoms with Gasteiger partial charge in [0, 0.05) is 17.7 Å². The number of aliphatic hydroxyl groups is 1. The van der Waals surface area contributed by atoms with E-state index in [2.05, 4.69) is 10.0 Å². The molecule has 0 spiro atoms. The topological polar surface area (TPSA) is 105 Å². The first-order chi connectivity index (χ1) is 17.4. The number of benzene rings is 3. The van der Waals surface area contributed by atoms with E-state index in [-0.39, 0.29) is 25.9 Å². The van der Waals surface area contributed by atoms with Gasteiger partial charge in [-0.2, -0.15) is 0 Å². The van der Waals surface area contributed by atoms with Crippen LogP contribution < -0.4 is 14.8 Å². The summed E-state index contributed by atoms with van der Waals surface area (Å²) in [6.45, 7) is 3.69. The Balaban J connectivity index is 1.62. The number of amides is 1. The molecule has 0 bridgehead atoms. The van der Waals surface area contributed by atoms with E-state index in [0.717, 1.165) is 5.56 Å². The molecule has 1 amide bonds. The molecule has 3 N–H and O–H groups in total. The fraction of sp³-hybridized carbons (Fsp3) is 0.269. The second kappa shape index (κ2) is 10.8. The number of aliphatic hydroxyl groups excluding tert-OH is 1. The first kappa shape index (κ1) is 27.7. The highest BCUT2D eigenvalue weighted by Gasteiger charge is 2.45. The fourth-order valence-electron chi connectivity index (χ4n) is 4.08. The van der Waals surface area contributed by atoms with E-state index in [1.807, 2.05) is 30.3 Å². The largest absolute Gasteiger partial charge is 0.485 e. The molecule has 0 saturated carbocycles. The Labute approximate surface area is 230 Å². The average molecular weight is 584 g/mol. The highest BCUT2D eigenvalue weighted by Crippen LogP contribution is 2.42. The first-order valence-electron chi connectivity index (χ1n) is 11.4. The molecule has 0 fully saturated rings. The number of halogens is 3. The molecule has 196 valence electrons. The minimum Gasteiger partial charge on any atom is -0.485 e. The Morgan fingerprint density at radius 3 is 2.43 bits per heavy atom. The van der Waals surface area contributed by atoms with E-state index >= 15 is 0 Å². The van der Waals surface area contributed by atoms with Crippen LogP contribution in [0.15, 0.2) is 65.6 Å². The molecule has 37 heavy (non-hydrogen) atoms. The minimum absolute atomic E-state index is 0.103.